The molecule has 0 fully saturated rings. The molecule has 4 heteroatoms. The van der Waals surface area contributed by atoms with Gasteiger partial charge in [0.1, 0.15) is 0 Å². The largest absolute Gasteiger partial charge is 0.308 e. The van der Waals surface area contributed by atoms with Crippen LogP contribution >= 0.6 is 0 Å². The molecule has 0 radical (unpaired) electrons. The van der Waals surface area contributed by atoms with E-state index in [1.54, 1.807) is 0 Å². The van der Waals surface area contributed by atoms with Gasteiger partial charge < -0.3 is 4.57 Å². The molecule has 0 aliphatic carbocycles. The number of aromatic nitrogens is 4. The van der Waals surface area contributed by atoms with Crippen molar-refractivity contribution in [3.8, 4) is 62.1 Å². The summed E-state index contributed by atoms with van der Waals surface area (Å²) in [4.78, 5) is 15.7. The van der Waals surface area contributed by atoms with E-state index in [-0.39, 0.29) is 0 Å². The SMILES string of the molecule is c1ccc(-c2cc(-c3ccccc3)c3c(c2)c2ccccc2n3-c2ccc(-c3nc(-c4ccc5ccccc5c4)nc(-c4ccc5ccccc5c4)n3)c3ccccc23)cc1. The maximum Gasteiger partial charge on any atom is 0.164 e. The fraction of sp³-hybridized carbons (Fsp3) is 0. The first kappa shape index (κ1) is 34.8. The summed E-state index contributed by atoms with van der Waals surface area (Å²) in [5.41, 5.74) is 11.0. The zero-order valence-corrected chi connectivity index (χ0v) is 33.1. The number of hydrogen-bond donors (Lipinski definition) is 0. The van der Waals surface area contributed by atoms with Crippen molar-refractivity contribution in [1.29, 1.82) is 0 Å². The monoisotopic (exact) mass is 776 g/mol. The van der Waals surface area contributed by atoms with Gasteiger partial charge in [0.05, 0.1) is 16.7 Å². The van der Waals surface area contributed by atoms with E-state index < -0.39 is 0 Å². The lowest BCUT2D eigenvalue weighted by molar-refractivity contribution is 1.08. The first-order valence-corrected chi connectivity index (χ1v) is 20.7. The minimum atomic E-state index is 0.628. The number of hydrogen-bond acceptors (Lipinski definition) is 3. The number of para-hydroxylation sites is 1. The lowest BCUT2D eigenvalue weighted by Crippen LogP contribution is -2.02. The van der Waals surface area contributed by atoms with E-state index in [1.165, 1.54) is 49.3 Å². The predicted octanol–water partition coefficient (Wildman–Crippen LogP) is 14.8. The maximum atomic E-state index is 5.27. The summed E-state index contributed by atoms with van der Waals surface area (Å²) in [5.74, 6) is 1.90. The molecular weight excluding hydrogens is 741 g/mol. The minimum absolute atomic E-state index is 0.628. The first-order chi connectivity index (χ1) is 30.2. The topological polar surface area (TPSA) is 43.6 Å². The van der Waals surface area contributed by atoms with Gasteiger partial charge in [-0.05, 0) is 86.1 Å². The van der Waals surface area contributed by atoms with Crippen molar-refractivity contribution < 1.29 is 0 Å². The highest BCUT2D eigenvalue weighted by Crippen LogP contribution is 2.43. The second kappa shape index (κ2) is 14.3. The van der Waals surface area contributed by atoms with Gasteiger partial charge in [0.25, 0.3) is 0 Å². The smallest absolute Gasteiger partial charge is 0.164 e. The molecule has 2 aromatic heterocycles. The van der Waals surface area contributed by atoms with Gasteiger partial charge in [-0.25, -0.2) is 15.0 Å². The standard InChI is InChI=1S/C57H36N4/c1-3-15-37(16-4-1)45-35-50(40-19-5-2-6-20-40)54-51(36-45)48-25-13-14-26-52(48)61(54)53-32-31-49(46-23-11-12-24-47(46)53)57-59-55(43-29-27-38-17-7-9-21-41(38)33-43)58-56(60-57)44-30-28-39-18-8-10-22-42(39)34-44/h1-36H. The fourth-order valence-corrected chi connectivity index (χ4v) is 9.07. The number of nitrogens with zero attached hydrogens (tertiary/aromatic N) is 4. The van der Waals surface area contributed by atoms with E-state index in [2.05, 4.69) is 223 Å². The van der Waals surface area contributed by atoms with Gasteiger partial charge in [0.2, 0.25) is 0 Å². The van der Waals surface area contributed by atoms with Crippen LogP contribution in [0.4, 0.5) is 0 Å². The number of fused-ring (bicyclic) bond motifs is 6. The first-order valence-electron chi connectivity index (χ1n) is 20.7. The van der Waals surface area contributed by atoms with E-state index in [9.17, 15) is 0 Å². The second-order valence-electron chi connectivity index (χ2n) is 15.6. The summed E-state index contributed by atoms with van der Waals surface area (Å²) < 4.78 is 2.46. The average molecular weight is 777 g/mol. The van der Waals surface area contributed by atoms with Gasteiger partial charge in [0, 0.05) is 38.4 Å². The van der Waals surface area contributed by atoms with Crippen LogP contribution < -0.4 is 0 Å². The van der Waals surface area contributed by atoms with E-state index >= 15 is 0 Å². The average Bonchev–Trinajstić information content (AvgIpc) is 3.67. The maximum absolute atomic E-state index is 5.27. The van der Waals surface area contributed by atoms with Gasteiger partial charge in [-0.1, -0.05) is 176 Å². The molecule has 0 amide bonds. The number of rotatable bonds is 6. The summed E-state index contributed by atoms with van der Waals surface area (Å²) in [6.45, 7) is 0. The van der Waals surface area contributed by atoms with Crippen molar-refractivity contribution in [1.82, 2.24) is 19.5 Å². The molecule has 2 heterocycles. The Morgan fingerprint density at radius 2 is 0.803 bits per heavy atom. The molecule has 0 spiro atoms. The van der Waals surface area contributed by atoms with Crippen molar-refractivity contribution in [2.24, 2.45) is 0 Å². The Hall–Kier alpha value is -8.21. The van der Waals surface area contributed by atoms with E-state index in [4.69, 9.17) is 15.0 Å². The molecule has 0 aliphatic heterocycles. The summed E-state index contributed by atoms with van der Waals surface area (Å²) in [7, 11) is 0. The Balaban J connectivity index is 1.11. The molecule has 12 rings (SSSR count). The molecule has 0 N–H and O–H groups in total. The summed E-state index contributed by atoms with van der Waals surface area (Å²) in [6.07, 6.45) is 0. The molecule has 0 saturated heterocycles. The van der Waals surface area contributed by atoms with Gasteiger partial charge in [0.15, 0.2) is 17.5 Å². The highest BCUT2D eigenvalue weighted by Gasteiger charge is 2.22. The van der Waals surface area contributed by atoms with Crippen molar-refractivity contribution in [3.63, 3.8) is 0 Å². The molecule has 61 heavy (non-hydrogen) atoms. The zero-order valence-electron chi connectivity index (χ0n) is 33.1. The Morgan fingerprint density at radius 1 is 0.279 bits per heavy atom. The highest BCUT2D eigenvalue weighted by atomic mass is 15.0. The second-order valence-corrected chi connectivity index (χ2v) is 15.6. The number of benzene rings is 10. The molecule has 0 saturated carbocycles. The van der Waals surface area contributed by atoms with Crippen LogP contribution in [0.15, 0.2) is 218 Å². The third-order valence-electron chi connectivity index (χ3n) is 12.0. The van der Waals surface area contributed by atoms with Crippen LogP contribution in [-0.2, 0) is 0 Å². The Kier molecular flexibility index (Phi) is 8.13. The minimum Gasteiger partial charge on any atom is -0.308 e. The molecule has 12 aromatic rings. The van der Waals surface area contributed by atoms with Crippen molar-refractivity contribution >= 4 is 54.1 Å². The van der Waals surface area contributed by atoms with Crippen LogP contribution in [0.5, 0.6) is 0 Å². The van der Waals surface area contributed by atoms with E-state index in [0.717, 1.165) is 49.4 Å². The van der Waals surface area contributed by atoms with Gasteiger partial charge in [-0.3, -0.25) is 0 Å². The van der Waals surface area contributed by atoms with Crippen LogP contribution in [0, 0.1) is 0 Å². The Labute approximate surface area is 352 Å². The Bertz CT molecular complexity index is 3550. The van der Waals surface area contributed by atoms with Gasteiger partial charge in [-0.15, -0.1) is 0 Å². The fourth-order valence-electron chi connectivity index (χ4n) is 9.07. The molecule has 0 unspecified atom stereocenters. The van der Waals surface area contributed by atoms with E-state index in [0.29, 0.717) is 17.5 Å². The van der Waals surface area contributed by atoms with Crippen LogP contribution in [0.1, 0.15) is 0 Å². The van der Waals surface area contributed by atoms with Crippen LogP contribution in [0.2, 0.25) is 0 Å². The van der Waals surface area contributed by atoms with Gasteiger partial charge >= 0.3 is 0 Å². The quantitative estimate of drug-likeness (QED) is 0.169. The zero-order chi connectivity index (χ0) is 40.3. The molecule has 284 valence electrons. The van der Waals surface area contributed by atoms with Crippen molar-refractivity contribution in [2.75, 3.05) is 0 Å². The molecule has 10 aromatic carbocycles. The summed E-state index contributed by atoms with van der Waals surface area (Å²) >= 11 is 0. The highest BCUT2D eigenvalue weighted by molar-refractivity contribution is 6.16. The summed E-state index contributed by atoms with van der Waals surface area (Å²) in [5, 5.41) is 9.21. The van der Waals surface area contributed by atoms with Crippen LogP contribution in [0.3, 0.4) is 0 Å². The lowest BCUT2D eigenvalue weighted by atomic mass is 9.95. The molecule has 0 bridgehead atoms. The van der Waals surface area contributed by atoms with Crippen LogP contribution in [-0.4, -0.2) is 19.5 Å². The van der Waals surface area contributed by atoms with Gasteiger partial charge in [-0.2, -0.15) is 0 Å². The van der Waals surface area contributed by atoms with Crippen molar-refractivity contribution in [3.05, 3.63) is 218 Å². The molecule has 0 atom stereocenters. The predicted molar refractivity (Wildman–Crippen MR) is 254 cm³/mol. The van der Waals surface area contributed by atoms with E-state index in [1.807, 2.05) is 0 Å². The normalized spacial score (nSPS) is 11.6. The third kappa shape index (κ3) is 5.96. The molecular formula is C57H36N4. The van der Waals surface area contributed by atoms with Crippen LogP contribution in [0.25, 0.3) is 116 Å². The lowest BCUT2D eigenvalue weighted by Gasteiger charge is -2.17. The molecule has 4 nitrogen and oxygen atoms in total. The summed E-state index contributed by atoms with van der Waals surface area (Å²) in [6, 6.07) is 77.7. The third-order valence-corrected chi connectivity index (χ3v) is 12.0. The Morgan fingerprint density at radius 3 is 1.46 bits per heavy atom. The molecule has 0 aliphatic rings. The van der Waals surface area contributed by atoms with Crippen molar-refractivity contribution in [2.45, 2.75) is 0 Å².